The third-order valence-electron chi connectivity index (χ3n) is 1.31. The molecule has 3 N–H and O–H groups in total. The lowest BCUT2D eigenvalue weighted by Gasteiger charge is -1.93. The zero-order chi connectivity index (χ0) is 8.81. The molecule has 0 radical (unpaired) electrons. The molecule has 0 spiro atoms. The number of pyridine rings is 1. The predicted octanol–water partition coefficient (Wildman–Crippen LogP) is 0.398. The van der Waals surface area contributed by atoms with Crippen molar-refractivity contribution in [3.8, 4) is 11.8 Å². The fraction of sp³-hybridized carbons (Fsp3) is 0.222. The van der Waals surface area contributed by atoms with E-state index in [1.165, 1.54) is 0 Å². The SMILES string of the molecule is Nc1ccncc1C#CCCO. The Morgan fingerprint density at radius 3 is 3.08 bits per heavy atom. The summed E-state index contributed by atoms with van der Waals surface area (Å²) in [6, 6.07) is 1.70. The van der Waals surface area contributed by atoms with Gasteiger partial charge >= 0.3 is 0 Å². The Balaban J connectivity index is 2.77. The van der Waals surface area contributed by atoms with Crippen molar-refractivity contribution in [2.24, 2.45) is 0 Å². The van der Waals surface area contributed by atoms with Gasteiger partial charge in [-0.1, -0.05) is 11.8 Å². The molecule has 0 aliphatic carbocycles. The molecule has 0 unspecified atom stereocenters. The van der Waals surface area contributed by atoms with Gasteiger partial charge in [-0.2, -0.15) is 0 Å². The van der Waals surface area contributed by atoms with Crippen LogP contribution in [-0.4, -0.2) is 16.7 Å². The van der Waals surface area contributed by atoms with Gasteiger partial charge in [-0.05, 0) is 6.07 Å². The number of nitrogens with two attached hydrogens (primary N) is 1. The van der Waals surface area contributed by atoms with E-state index in [9.17, 15) is 0 Å². The van der Waals surface area contributed by atoms with Crippen LogP contribution in [-0.2, 0) is 0 Å². The van der Waals surface area contributed by atoms with Crippen LogP contribution in [0.25, 0.3) is 0 Å². The molecule has 1 aromatic heterocycles. The number of nitrogens with zero attached hydrogens (tertiary/aromatic N) is 1. The summed E-state index contributed by atoms with van der Waals surface area (Å²) >= 11 is 0. The van der Waals surface area contributed by atoms with Crippen molar-refractivity contribution < 1.29 is 5.11 Å². The third kappa shape index (κ3) is 2.26. The van der Waals surface area contributed by atoms with E-state index in [1.54, 1.807) is 18.5 Å². The normalized spacial score (nSPS) is 8.75. The van der Waals surface area contributed by atoms with Crippen molar-refractivity contribution >= 4 is 5.69 Å². The summed E-state index contributed by atoms with van der Waals surface area (Å²) in [6.07, 6.45) is 3.70. The first-order valence-corrected chi connectivity index (χ1v) is 3.64. The Hall–Kier alpha value is -1.53. The fourth-order valence-electron chi connectivity index (χ4n) is 0.723. The number of aromatic nitrogens is 1. The molecule has 0 atom stereocenters. The highest BCUT2D eigenvalue weighted by atomic mass is 16.2. The molecule has 1 aromatic rings. The van der Waals surface area contributed by atoms with Crippen molar-refractivity contribution in [1.82, 2.24) is 4.98 Å². The number of rotatable bonds is 1. The molecule has 3 heteroatoms. The summed E-state index contributed by atoms with van der Waals surface area (Å²) in [5.41, 5.74) is 6.93. The van der Waals surface area contributed by atoms with Crippen LogP contribution in [0.15, 0.2) is 18.5 Å². The van der Waals surface area contributed by atoms with Crippen LogP contribution in [0, 0.1) is 11.8 Å². The molecule has 1 heterocycles. The lowest BCUT2D eigenvalue weighted by molar-refractivity contribution is 0.305. The predicted molar refractivity (Wildman–Crippen MR) is 47.2 cm³/mol. The molecule has 0 bridgehead atoms. The van der Waals surface area contributed by atoms with Gasteiger partial charge < -0.3 is 10.8 Å². The monoisotopic (exact) mass is 162 g/mol. The van der Waals surface area contributed by atoms with Gasteiger partial charge in [0.2, 0.25) is 0 Å². The van der Waals surface area contributed by atoms with Crippen LogP contribution >= 0.6 is 0 Å². The lowest BCUT2D eigenvalue weighted by Crippen LogP contribution is -1.90. The van der Waals surface area contributed by atoms with Gasteiger partial charge in [-0.3, -0.25) is 4.98 Å². The first-order valence-electron chi connectivity index (χ1n) is 3.64. The van der Waals surface area contributed by atoms with Gasteiger partial charge in [0.1, 0.15) is 0 Å². The molecule has 12 heavy (non-hydrogen) atoms. The van der Waals surface area contributed by atoms with E-state index in [0.717, 1.165) is 0 Å². The molecule has 0 fully saturated rings. The van der Waals surface area contributed by atoms with E-state index < -0.39 is 0 Å². The molecular weight excluding hydrogens is 152 g/mol. The highest BCUT2D eigenvalue weighted by Gasteiger charge is 1.91. The molecule has 0 saturated heterocycles. The van der Waals surface area contributed by atoms with Crippen LogP contribution in [0.5, 0.6) is 0 Å². The number of aliphatic hydroxyl groups excluding tert-OH is 1. The maximum Gasteiger partial charge on any atom is 0.0658 e. The minimum absolute atomic E-state index is 0.0766. The van der Waals surface area contributed by atoms with E-state index in [1.807, 2.05) is 0 Å². The first kappa shape index (κ1) is 8.57. The Kier molecular flexibility index (Phi) is 3.12. The molecule has 0 aromatic carbocycles. The highest BCUT2D eigenvalue weighted by Crippen LogP contribution is 2.05. The zero-order valence-electron chi connectivity index (χ0n) is 6.62. The van der Waals surface area contributed by atoms with Crippen molar-refractivity contribution in [1.29, 1.82) is 0 Å². The minimum atomic E-state index is 0.0766. The van der Waals surface area contributed by atoms with Gasteiger partial charge in [-0.15, -0.1) is 0 Å². The quantitative estimate of drug-likeness (QED) is 0.587. The molecule has 0 aliphatic rings. The second-order valence-corrected chi connectivity index (χ2v) is 2.24. The van der Waals surface area contributed by atoms with E-state index >= 15 is 0 Å². The summed E-state index contributed by atoms with van der Waals surface area (Å²) in [7, 11) is 0. The van der Waals surface area contributed by atoms with Crippen molar-refractivity contribution in [3.05, 3.63) is 24.0 Å². The van der Waals surface area contributed by atoms with E-state index in [2.05, 4.69) is 16.8 Å². The second-order valence-electron chi connectivity index (χ2n) is 2.24. The number of nitrogen functional groups attached to an aromatic ring is 1. The van der Waals surface area contributed by atoms with Crippen molar-refractivity contribution in [2.45, 2.75) is 6.42 Å². The summed E-state index contributed by atoms with van der Waals surface area (Å²) in [5.74, 6) is 5.59. The molecule has 62 valence electrons. The number of hydrogen-bond donors (Lipinski definition) is 2. The summed E-state index contributed by atoms with van der Waals surface area (Å²) in [5, 5.41) is 8.46. The Morgan fingerprint density at radius 2 is 2.42 bits per heavy atom. The average Bonchev–Trinajstić information content (AvgIpc) is 2.09. The summed E-state index contributed by atoms with van der Waals surface area (Å²) in [6.45, 7) is 0.0766. The summed E-state index contributed by atoms with van der Waals surface area (Å²) in [4.78, 5) is 3.88. The van der Waals surface area contributed by atoms with Gasteiger partial charge in [0, 0.05) is 18.8 Å². The van der Waals surface area contributed by atoms with Gasteiger partial charge in [0.25, 0.3) is 0 Å². The van der Waals surface area contributed by atoms with Crippen molar-refractivity contribution in [2.75, 3.05) is 12.3 Å². The van der Waals surface area contributed by atoms with Gasteiger partial charge in [0.05, 0.1) is 17.9 Å². The van der Waals surface area contributed by atoms with Crippen LogP contribution in [0.1, 0.15) is 12.0 Å². The van der Waals surface area contributed by atoms with Crippen LogP contribution in [0.3, 0.4) is 0 Å². The van der Waals surface area contributed by atoms with E-state index in [4.69, 9.17) is 10.8 Å². The third-order valence-corrected chi connectivity index (χ3v) is 1.31. The molecular formula is C9H10N2O. The van der Waals surface area contributed by atoms with Crippen LogP contribution in [0.2, 0.25) is 0 Å². The smallest absolute Gasteiger partial charge is 0.0658 e. The Labute approximate surface area is 71.2 Å². The molecule has 0 aliphatic heterocycles. The maximum absolute atomic E-state index is 8.46. The van der Waals surface area contributed by atoms with Crippen LogP contribution in [0.4, 0.5) is 5.69 Å². The molecule has 0 amide bonds. The van der Waals surface area contributed by atoms with E-state index in [0.29, 0.717) is 17.7 Å². The lowest BCUT2D eigenvalue weighted by atomic mass is 10.2. The first-order chi connectivity index (χ1) is 5.84. The average molecular weight is 162 g/mol. The van der Waals surface area contributed by atoms with Gasteiger partial charge in [-0.25, -0.2) is 0 Å². The molecule has 3 nitrogen and oxygen atoms in total. The number of aliphatic hydroxyl groups is 1. The molecule has 1 rings (SSSR count). The topological polar surface area (TPSA) is 59.1 Å². The van der Waals surface area contributed by atoms with Gasteiger partial charge in [0.15, 0.2) is 0 Å². The highest BCUT2D eigenvalue weighted by molar-refractivity contribution is 5.53. The van der Waals surface area contributed by atoms with Crippen LogP contribution < -0.4 is 5.73 Å². The zero-order valence-corrected chi connectivity index (χ0v) is 6.62. The van der Waals surface area contributed by atoms with Crippen molar-refractivity contribution in [3.63, 3.8) is 0 Å². The fourth-order valence-corrected chi connectivity index (χ4v) is 0.723. The largest absolute Gasteiger partial charge is 0.398 e. The maximum atomic E-state index is 8.46. The van der Waals surface area contributed by atoms with E-state index in [-0.39, 0.29) is 6.61 Å². The standard InChI is InChI=1S/C9H10N2O/c10-9-4-5-11-7-8(9)3-1-2-6-12/h4-5,7,12H,2,6H2,(H2,10,11). The second kappa shape index (κ2) is 4.37. The Morgan fingerprint density at radius 1 is 1.58 bits per heavy atom. The minimum Gasteiger partial charge on any atom is -0.398 e. The summed E-state index contributed by atoms with van der Waals surface area (Å²) < 4.78 is 0. The Bertz CT molecular complexity index is 312. The number of hydrogen-bond acceptors (Lipinski definition) is 3. The number of anilines is 1. The molecule has 0 saturated carbocycles.